The van der Waals surface area contributed by atoms with Crippen molar-refractivity contribution in [2.24, 2.45) is 0 Å². The average molecular weight is 246 g/mol. The summed E-state index contributed by atoms with van der Waals surface area (Å²) in [7, 11) is 0. The summed E-state index contributed by atoms with van der Waals surface area (Å²) in [6.07, 6.45) is 6.67. The second-order valence-electron chi connectivity index (χ2n) is 4.24. The van der Waals surface area contributed by atoms with Gasteiger partial charge in [-0.3, -0.25) is 0 Å². The molecule has 0 amide bonds. The lowest BCUT2D eigenvalue weighted by molar-refractivity contribution is 0.425. The van der Waals surface area contributed by atoms with Crippen LogP contribution >= 0.6 is 0 Å². The summed E-state index contributed by atoms with van der Waals surface area (Å²) >= 11 is 0. The van der Waals surface area contributed by atoms with Crippen LogP contribution in [-0.4, -0.2) is 33.2 Å². The molecule has 2 aromatic rings. The van der Waals surface area contributed by atoms with Crippen LogP contribution in [-0.2, 0) is 0 Å². The normalized spacial score (nSPS) is 15.9. The van der Waals surface area contributed by atoms with Crippen LogP contribution in [0.5, 0.6) is 0 Å². The van der Waals surface area contributed by atoms with Crippen molar-refractivity contribution < 1.29 is 4.52 Å². The maximum absolute atomic E-state index is 5.73. The molecule has 18 heavy (non-hydrogen) atoms. The van der Waals surface area contributed by atoms with Crippen molar-refractivity contribution >= 4 is 11.8 Å². The van der Waals surface area contributed by atoms with E-state index in [0.717, 1.165) is 25.9 Å². The van der Waals surface area contributed by atoms with Crippen molar-refractivity contribution in [3.8, 4) is 11.6 Å². The van der Waals surface area contributed by atoms with Gasteiger partial charge in [0, 0.05) is 25.5 Å². The summed E-state index contributed by atoms with van der Waals surface area (Å²) in [5.74, 6) is 1.22. The molecule has 0 radical (unpaired) electrons. The highest BCUT2D eigenvalue weighted by Gasteiger charge is 2.19. The van der Waals surface area contributed by atoms with Crippen molar-refractivity contribution in [2.75, 3.05) is 23.7 Å². The number of nitrogens with two attached hydrogens (primary N) is 1. The fourth-order valence-electron chi connectivity index (χ4n) is 2.05. The van der Waals surface area contributed by atoms with E-state index in [4.69, 9.17) is 10.3 Å². The fourth-order valence-corrected chi connectivity index (χ4v) is 2.05. The van der Waals surface area contributed by atoms with E-state index in [1.54, 1.807) is 6.20 Å². The van der Waals surface area contributed by atoms with Gasteiger partial charge in [-0.1, -0.05) is 0 Å². The minimum Gasteiger partial charge on any atom is -0.382 e. The summed E-state index contributed by atoms with van der Waals surface area (Å²) in [5, 5.41) is 3.97. The topological polar surface area (TPSA) is 94.0 Å². The maximum Gasteiger partial charge on any atom is 0.281 e. The molecule has 1 aliphatic heterocycles. The molecule has 1 saturated heterocycles. The van der Waals surface area contributed by atoms with Gasteiger partial charge in [0.15, 0.2) is 11.5 Å². The number of piperidine rings is 1. The van der Waals surface area contributed by atoms with E-state index < -0.39 is 0 Å². The quantitative estimate of drug-likeness (QED) is 0.847. The van der Waals surface area contributed by atoms with Gasteiger partial charge in [-0.15, -0.1) is 0 Å². The molecule has 3 heterocycles. The van der Waals surface area contributed by atoms with Gasteiger partial charge in [0.05, 0.1) is 0 Å². The van der Waals surface area contributed by atoms with Crippen LogP contribution in [0.1, 0.15) is 19.3 Å². The van der Waals surface area contributed by atoms with Crippen LogP contribution in [0.2, 0.25) is 0 Å². The molecule has 7 heteroatoms. The van der Waals surface area contributed by atoms with Crippen LogP contribution in [0.25, 0.3) is 11.6 Å². The lowest BCUT2D eigenvalue weighted by Gasteiger charge is -2.24. The van der Waals surface area contributed by atoms with Crippen LogP contribution in [0, 0.1) is 0 Å². The first-order chi connectivity index (χ1) is 8.84. The minimum atomic E-state index is 0.298. The second kappa shape index (κ2) is 4.59. The number of nitrogen functional groups attached to an aromatic ring is 1. The van der Waals surface area contributed by atoms with Gasteiger partial charge in [0.25, 0.3) is 11.8 Å². The summed E-state index contributed by atoms with van der Waals surface area (Å²) in [5.41, 5.74) is 6.16. The highest BCUT2D eigenvalue weighted by molar-refractivity contribution is 5.62. The molecule has 0 unspecified atom stereocenters. The third kappa shape index (κ3) is 1.99. The summed E-state index contributed by atoms with van der Waals surface area (Å²) < 4.78 is 5.20. The monoisotopic (exact) mass is 246 g/mol. The molecule has 1 aliphatic rings. The van der Waals surface area contributed by atoms with E-state index in [-0.39, 0.29) is 0 Å². The number of anilines is 2. The molecule has 2 N–H and O–H groups in total. The average Bonchev–Trinajstić information content (AvgIpc) is 2.90. The number of hydrogen-bond acceptors (Lipinski definition) is 7. The van der Waals surface area contributed by atoms with E-state index in [2.05, 4.69) is 25.0 Å². The van der Waals surface area contributed by atoms with Crippen LogP contribution in [0.15, 0.2) is 16.9 Å². The number of nitrogens with zero attached hydrogens (tertiary/aromatic N) is 5. The first kappa shape index (κ1) is 10.9. The van der Waals surface area contributed by atoms with Crippen LogP contribution < -0.4 is 10.6 Å². The Morgan fingerprint density at radius 2 is 1.89 bits per heavy atom. The predicted molar refractivity (Wildman–Crippen MR) is 65.8 cm³/mol. The first-order valence-corrected chi connectivity index (χ1v) is 6.00. The third-order valence-electron chi connectivity index (χ3n) is 2.98. The fraction of sp³-hybridized carbons (Fsp3) is 0.455. The zero-order chi connectivity index (χ0) is 12.4. The minimum absolute atomic E-state index is 0.298. The van der Waals surface area contributed by atoms with E-state index in [1.165, 1.54) is 12.6 Å². The zero-order valence-corrected chi connectivity index (χ0v) is 9.91. The molecule has 0 bridgehead atoms. The highest BCUT2D eigenvalue weighted by atomic mass is 16.5. The summed E-state index contributed by atoms with van der Waals surface area (Å²) in [6.45, 7) is 1.93. The largest absolute Gasteiger partial charge is 0.382 e. The number of hydrogen-bond donors (Lipinski definition) is 1. The first-order valence-electron chi connectivity index (χ1n) is 6.00. The SMILES string of the molecule is Nc1nccnc1-c1nc(N2CCCCC2)no1. The molecule has 0 saturated carbocycles. The molecular weight excluding hydrogens is 232 g/mol. The van der Waals surface area contributed by atoms with E-state index in [0.29, 0.717) is 23.4 Å². The number of rotatable bonds is 2. The molecule has 2 aromatic heterocycles. The van der Waals surface area contributed by atoms with Gasteiger partial charge < -0.3 is 15.2 Å². The molecule has 0 atom stereocenters. The van der Waals surface area contributed by atoms with Gasteiger partial charge >= 0.3 is 0 Å². The predicted octanol–water partition coefficient (Wildman–Crippen LogP) is 1.10. The summed E-state index contributed by atoms with van der Waals surface area (Å²) in [6, 6.07) is 0. The molecule has 7 nitrogen and oxygen atoms in total. The smallest absolute Gasteiger partial charge is 0.281 e. The Balaban J connectivity index is 1.87. The lowest BCUT2D eigenvalue weighted by Crippen LogP contribution is -2.30. The van der Waals surface area contributed by atoms with Crippen molar-refractivity contribution in [1.82, 2.24) is 20.1 Å². The molecule has 94 valence electrons. The number of aromatic nitrogens is 4. The van der Waals surface area contributed by atoms with Crippen LogP contribution in [0.4, 0.5) is 11.8 Å². The Hall–Kier alpha value is -2.18. The van der Waals surface area contributed by atoms with E-state index in [9.17, 15) is 0 Å². The lowest BCUT2D eigenvalue weighted by atomic mass is 10.1. The van der Waals surface area contributed by atoms with Crippen LogP contribution in [0.3, 0.4) is 0 Å². The Morgan fingerprint density at radius 1 is 1.11 bits per heavy atom. The van der Waals surface area contributed by atoms with Gasteiger partial charge in [-0.05, 0) is 24.4 Å². The van der Waals surface area contributed by atoms with Gasteiger partial charge in [-0.25, -0.2) is 9.97 Å². The van der Waals surface area contributed by atoms with Crippen molar-refractivity contribution in [2.45, 2.75) is 19.3 Å². The standard InChI is InChI=1S/C11H14N6O/c12-9-8(13-4-5-14-9)10-15-11(16-18-10)17-6-2-1-3-7-17/h4-5H,1-3,6-7H2,(H2,12,14). The molecule has 0 spiro atoms. The van der Waals surface area contributed by atoms with Gasteiger partial charge in [0.2, 0.25) is 0 Å². The van der Waals surface area contributed by atoms with Gasteiger partial charge in [0.1, 0.15) is 0 Å². The second-order valence-corrected chi connectivity index (χ2v) is 4.24. The Labute approximate surface area is 104 Å². The third-order valence-corrected chi connectivity index (χ3v) is 2.98. The van der Waals surface area contributed by atoms with Crippen molar-refractivity contribution in [1.29, 1.82) is 0 Å². The Kier molecular flexibility index (Phi) is 2.79. The van der Waals surface area contributed by atoms with E-state index >= 15 is 0 Å². The molecule has 1 fully saturated rings. The van der Waals surface area contributed by atoms with Crippen molar-refractivity contribution in [3.05, 3.63) is 12.4 Å². The summed E-state index contributed by atoms with van der Waals surface area (Å²) in [4.78, 5) is 14.5. The molecule has 0 aliphatic carbocycles. The Bertz CT molecular complexity index is 534. The van der Waals surface area contributed by atoms with Crippen molar-refractivity contribution in [3.63, 3.8) is 0 Å². The van der Waals surface area contributed by atoms with E-state index in [1.807, 2.05) is 0 Å². The van der Waals surface area contributed by atoms with Gasteiger partial charge in [-0.2, -0.15) is 4.98 Å². The molecular formula is C11H14N6O. The highest BCUT2D eigenvalue weighted by Crippen LogP contribution is 2.23. The molecule has 3 rings (SSSR count). The molecule has 0 aromatic carbocycles. The zero-order valence-electron chi connectivity index (χ0n) is 9.91. The maximum atomic E-state index is 5.73. The Morgan fingerprint density at radius 3 is 2.67 bits per heavy atom.